The Labute approximate surface area is 566 Å². The van der Waals surface area contributed by atoms with Crippen molar-refractivity contribution < 1.29 is 215 Å². The number of ether oxygens (including phenoxy) is 3. The molecule has 0 radical (unpaired) electrons. The smallest absolute Gasteiger partial charge is 0.457 e. The van der Waals surface area contributed by atoms with Crippen LogP contribution in [-0.4, -0.2) is 37.9 Å². The Morgan fingerprint density at radius 3 is 1.00 bits per heavy atom. The molecule has 12 nitrogen and oxygen atoms in total. The zero-order valence-corrected chi connectivity index (χ0v) is 54.7. The summed E-state index contributed by atoms with van der Waals surface area (Å²) >= 11 is 5.85. The van der Waals surface area contributed by atoms with E-state index in [1.807, 2.05) is 79.7 Å². The van der Waals surface area contributed by atoms with Gasteiger partial charge in [-0.2, -0.15) is 40.0 Å². The summed E-state index contributed by atoms with van der Waals surface area (Å²) in [6, 6.07) is 42.9. The molecule has 0 amide bonds. The van der Waals surface area contributed by atoms with Crippen LogP contribution < -0.4 is 168 Å². The summed E-state index contributed by atoms with van der Waals surface area (Å²) < 4.78 is 119. The Morgan fingerprint density at radius 1 is 0.411 bits per heavy atom. The predicted octanol–water partition coefficient (Wildman–Crippen LogP) is 4.32. The van der Waals surface area contributed by atoms with Crippen LogP contribution in [0.3, 0.4) is 0 Å². The largest absolute Gasteiger partial charge is 1.00 e. The second-order valence-corrected chi connectivity index (χ2v) is 16.3. The zero-order valence-electron chi connectivity index (χ0n) is 42.1. The van der Waals surface area contributed by atoms with E-state index in [0.29, 0.717) is 5.75 Å². The van der Waals surface area contributed by atoms with Gasteiger partial charge in [0.15, 0.2) is 0 Å². The van der Waals surface area contributed by atoms with E-state index in [4.69, 9.17) is 63.7 Å². The average molecular weight is 1160 g/mol. The maximum absolute atomic E-state index is 13.1. The van der Waals surface area contributed by atoms with Crippen molar-refractivity contribution in [3.8, 4) is 34.5 Å². The number of hydrogen-bond acceptors (Lipinski definition) is 12. The van der Waals surface area contributed by atoms with E-state index < -0.39 is 43.5 Å². The van der Waals surface area contributed by atoms with Gasteiger partial charge in [-0.3, -0.25) is 0 Å². The van der Waals surface area contributed by atoms with E-state index >= 15 is 0 Å². The van der Waals surface area contributed by atoms with Crippen LogP contribution in [0.15, 0.2) is 140 Å². The van der Waals surface area contributed by atoms with Gasteiger partial charge in [-0.05, 0) is 116 Å². The van der Waals surface area contributed by atoms with Crippen molar-refractivity contribution in [3.05, 3.63) is 198 Å². The number of rotatable bonds is 18. The topological polar surface area (TPSA) is 181 Å². The van der Waals surface area contributed by atoms with Gasteiger partial charge in [0, 0.05) is 23.2 Å². The SMILES string of the molecule is C[CH-]CCCc1cccc(Oc2cc(F)cc(F)c2)c1.C[CH-]CCCc1cccc(Oc2ccc(C)cc2)c1.C[CH-]CCCc1cccc(Oc2ccc(Cl)cc2)c1.O=S(=O)=O.O=S(=O)=O.O=S(=O)=O.[K+].[K+].[K+]. The number of hydrogen-bond donors (Lipinski definition) is 0. The third-order valence-corrected chi connectivity index (χ3v) is 9.20. The zero-order chi connectivity index (χ0) is 52.1. The molecule has 0 aliphatic carbocycles. The molecule has 6 aromatic carbocycles. The van der Waals surface area contributed by atoms with Crippen molar-refractivity contribution in [3.63, 3.8) is 0 Å². The number of aryl methyl sites for hydroxylation is 4. The van der Waals surface area contributed by atoms with Gasteiger partial charge in [-0.15, -0.1) is 37.9 Å². The Kier molecular flexibility index (Phi) is 49.7. The maximum Gasteiger partial charge on any atom is 1.00 e. The van der Waals surface area contributed by atoms with Crippen LogP contribution in [0.4, 0.5) is 8.78 Å². The molecule has 0 saturated heterocycles. The van der Waals surface area contributed by atoms with Crippen molar-refractivity contribution in [1.82, 2.24) is 0 Å². The van der Waals surface area contributed by atoms with Gasteiger partial charge in [0.2, 0.25) is 0 Å². The van der Waals surface area contributed by atoms with E-state index in [-0.39, 0.29) is 160 Å². The fraction of sp³-hybridized carbons (Fsp3) is 0.250. The molecule has 0 spiro atoms. The van der Waals surface area contributed by atoms with Gasteiger partial charge in [-0.1, -0.05) is 85.0 Å². The molecular formula is C52H56ClF2K3O12S3. The number of benzene rings is 6. The molecule has 21 heteroatoms. The fourth-order valence-corrected chi connectivity index (χ4v) is 6.06. The van der Waals surface area contributed by atoms with E-state index in [9.17, 15) is 8.78 Å². The van der Waals surface area contributed by atoms with E-state index in [0.717, 1.165) is 78.2 Å². The molecule has 0 unspecified atom stereocenters. The van der Waals surface area contributed by atoms with Crippen molar-refractivity contribution in [2.24, 2.45) is 0 Å². The molecule has 0 heterocycles. The molecule has 6 aromatic rings. The van der Waals surface area contributed by atoms with Crippen molar-refractivity contribution in [2.75, 3.05) is 0 Å². The Bertz CT molecular complexity index is 2580. The van der Waals surface area contributed by atoms with Crippen molar-refractivity contribution >= 4 is 43.4 Å². The number of unbranched alkanes of at least 4 members (excludes halogenated alkanes) is 6. The number of halogens is 3. The van der Waals surface area contributed by atoms with Crippen LogP contribution >= 0.6 is 11.6 Å². The summed E-state index contributed by atoms with van der Waals surface area (Å²) in [5, 5.41) is 0.719. The van der Waals surface area contributed by atoms with Gasteiger partial charge >= 0.3 is 186 Å². The summed E-state index contributed by atoms with van der Waals surface area (Å²) in [5.41, 5.74) is 5.05. The van der Waals surface area contributed by atoms with Crippen LogP contribution in [0.25, 0.3) is 0 Å². The summed E-state index contributed by atoms with van der Waals surface area (Å²) in [6.07, 6.45) is 16.6. The van der Waals surface area contributed by atoms with Crippen LogP contribution in [0, 0.1) is 37.8 Å². The monoisotopic (exact) mass is 1160 g/mol. The molecular weight excluding hydrogens is 1100 g/mol. The van der Waals surface area contributed by atoms with E-state index in [1.54, 1.807) is 6.07 Å². The summed E-state index contributed by atoms with van der Waals surface area (Å²) in [4.78, 5) is 0. The average Bonchev–Trinajstić information content (AvgIpc) is 3.28. The molecule has 73 heavy (non-hydrogen) atoms. The minimum atomic E-state index is -3.11. The minimum absolute atomic E-state index is 0. The van der Waals surface area contributed by atoms with Crippen LogP contribution in [-0.2, 0) is 51.1 Å². The first kappa shape index (κ1) is 75.9. The quantitative estimate of drug-likeness (QED) is 0.0677. The van der Waals surface area contributed by atoms with Crippen LogP contribution in [0.1, 0.15) is 81.5 Å². The molecule has 0 saturated carbocycles. The van der Waals surface area contributed by atoms with Gasteiger partial charge in [0.05, 0.1) is 0 Å². The van der Waals surface area contributed by atoms with Gasteiger partial charge < -0.3 is 33.5 Å². The second kappa shape index (κ2) is 47.8. The Hall–Kier alpha value is -1.36. The molecule has 0 aliphatic rings. The van der Waals surface area contributed by atoms with Crippen LogP contribution in [0.2, 0.25) is 5.02 Å². The Morgan fingerprint density at radius 2 is 0.699 bits per heavy atom. The normalized spacial score (nSPS) is 9.30. The summed E-state index contributed by atoms with van der Waals surface area (Å²) in [5.74, 6) is 2.97. The molecule has 0 N–H and O–H groups in total. The minimum Gasteiger partial charge on any atom is -0.457 e. The third kappa shape index (κ3) is 43.3. The van der Waals surface area contributed by atoms with Gasteiger partial charge in [0.25, 0.3) is 0 Å². The van der Waals surface area contributed by atoms with E-state index in [2.05, 4.69) is 82.5 Å². The van der Waals surface area contributed by atoms with Crippen molar-refractivity contribution in [1.29, 1.82) is 0 Å². The molecule has 0 bridgehead atoms. The maximum atomic E-state index is 13.1. The summed E-state index contributed by atoms with van der Waals surface area (Å²) in [6.45, 7) is 8.32. The first-order valence-electron chi connectivity index (χ1n) is 21.6. The molecule has 378 valence electrons. The first-order chi connectivity index (χ1) is 33.4. The van der Waals surface area contributed by atoms with Gasteiger partial charge in [-0.25, -0.2) is 8.78 Å². The molecule has 0 aromatic heterocycles. The standard InChI is InChI=1S/C18H21O.C17H18ClO.C17H17F2O.3K.3O3S/c1-3-4-5-7-16-8-6-9-18(14-16)19-17-12-10-15(2)11-13-17;1-2-3-4-6-14-7-5-8-17(13-14)19-16-11-9-15(18)10-12-16;1-2-3-4-6-13-7-5-8-16(9-13)20-17-11-14(18)10-15(19)12-17;;;;3*1-4(2)3/h3,6,8-14H,4-5,7H2,1-2H3;2,5,7-13H,3-4,6H2,1H3;2,5,7-12H,3-4,6H2,1H3;;;;;;/q3*-1;3*+1;;;. The van der Waals surface area contributed by atoms with Crippen molar-refractivity contribution in [2.45, 2.75) is 85.5 Å². The molecule has 6 rings (SSSR count). The van der Waals surface area contributed by atoms with Crippen LogP contribution in [0.5, 0.6) is 34.5 Å². The van der Waals surface area contributed by atoms with Gasteiger partial charge in [0.1, 0.15) is 46.1 Å². The third-order valence-electron chi connectivity index (χ3n) is 8.95. The second-order valence-electron chi connectivity index (χ2n) is 14.6. The molecule has 0 aliphatic heterocycles. The predicted molar refractivity (Wildman–Crippen MR) is 266 cm³/mol. The summed E-state index contributed by atoms with van der Waals surface area (Å²) in [7, 11) is -9.33. The fourth-order valence-electron chi connectivity index (χ4n) is 5.93. The molecule has 0 atom stereocenters. The first-order valence-corrected chi connectivity index (χ1v) is 25.0. The molecule has 0 fully saturated rings. The van der Waals surface area contributed by atoms with E-state index in [1.165, 1.54) is 48.1 Å². The Balaban J connectivity index is -0.000000887.